The lowest BCUT2D eigenvalue weighted by Gasteiger charge is -2.16. The third-order valence-corrected chi connectivity index (χ3v) is 12.6. The number of sulfonamides is 2. The van der Waals surface area contributed by atoms with Crippen molar-refractivity contribution in [1.29, 1.82) is 0 Å². The molecule has 12 heteroatoms. The van der Waals surface area contributed by atoms with E-state index in [-0.39, 0.29) is 21.4 Å². The van der Waals surface area contributed by atoms with Crippen molar-refractivity contribution in [3.05, 3.63) is 87.6 Å². The van der Waals surface area contributed by atoms with Crippen molar-refractivity contribution in [2.24, 2.45) is 0 Å². The number of aryl methyl sites for hydroxylation is 4. The van der Waals surface area contributed by atoms with Crippen molar-refractivity contribution >= 4 is 48.5 Å². The summed E-state index contributed by atoms with van der Waals surface area (Å²) in [5, 5.41) is 1.63. The summed E-state index contributed by atoms with van der Waals surface area (Å²) in [6, 6.07) is 13.9. The van der Waals surface area contributed by atoms with E-state index in [4.69, 9.17) is 16.3 Å². The smallest absolute Gasteiger partial charge is 0.265 e. The third kappa shape index (κ3) is 8.07. The largest absolute Gasteiger partial charge is 0.494 e. The molecule has 1 fully saturated rings. The molecule has 0 spiro atoms. The number of aromatic nitrogens is 1. The van der Waals surface area contributed by atoms with Gasteiger partial charge >= 0.3 is 0 Å². The number of hydrogen-bond donors (Lipinski definition) is 2. The number of nitrogens with zero attached hydrogens (tertiary/aromatic N) is 1. The van der Waals surface area contributed by atoms with E-state index in [1.54, 1.807) is 12.1 Å². The Balaban J connectivity index is 1.26. The highest BCUT2D eigenvalue weighted by atomic mass is 35.5. The van der Waals surface area contributed by atoms with Gasteiger partial charge in [-0.3, -0.25) is 4.79 Å². The number of hydrogen-bond acceptors (Lipinski definition) is 6. The molecule has 0 saturated heterocycles. The van der Waals surface area contributed by atoms with Crippen LogP contribution in [0.5, 0.6) is 5.75 Å². The van der Waals surface area contributed by atoms with Gasteiger partial charge in [0.25, 0.3) is 15.9 Å². The number of rotatable bonds is 12. The summed E-state index contributed by atoms with van der Waals surface area (Å²) >= 11 is 6.28. The molecule has 9 nitrogen and oxygen atoms in total. The van der Waals surface area contributed by atoms with Crippen LogP contribution in [0, 0.1) is 20.8 Å². The minimum Gasteiger partial charge on any atom is -0.494 e. The van der Waals surface area contributed by atoms with Gasteiger partial charge in [0.2, 0.25) is 10.0 Å². The Labute approximate surface area is 289 Å². The first-order chi connectivity index (χ1) is 22.8. The van der Waals surface area contributed by atoms with E-state index in [1.807, 2.05) is 45.9 Å². The Morgan fingerprint density at radius 2 is 1.48 bits per heavy atom. The summed E-state index contributed by atoms with van der Waals surface area (Å²) in [5.41, 5.74) is 5.28. The van der Waals surface area contributed by atoms with E-state index in [1.165, 1.54) is 24.3 Å². The molecule has 0 radical (unpaired) electrons. The number of carbonyl (C=O) groups excluding carboxylic acids is 1. The van der Waals surface area contributed by atoms with E-state index < -0.39 is 26.0 Å². The highest BCUT2D eigenvalue weighted by Gasteiger charge is 2.24. The highest BCUT2D eigenvalue weighted by molar-refractivity contribution is 7.90. The zero-order valence-corrected chi connectivity index (χ0v) is 30.3. The molecular formula is C36H44ClN3O6S2. The maximum atomic E-state index is 13.2. The van der Waals surface area contributed by atoms with Crippen LogP contribution in [0.3, 0.4) is 0 Å². The van der Waals surface area contributed by atoms with Crippen LogP contribution < -0.4 is 14.2 Å². The van der Waals surface area contributed by atoms with E-state index in [0.717, 1.165) is 95.4 Å². The van der Waals surface area contributed by atoms with Crippen LogP contribution in [0.1, 0.15) is 84.6 Å². The van der Waals surface area contributed by atoms with Gasteiger partial charge in [0.05, 0.1) is 16.4 Å². The predicted molar refractivity (Wildman–Crippen MR) is 190 cm³/mol. The summed E-state index contributed by atoms with van der Waals surface area (Å²) < 4.78 is 65.3. The maximum Gasteiger partial charge on any atom is 0.265 e. The molecule has 2 N–H and O–H groups in total. The van der Waals surface area contributed by atoms with Crippen molar-refractivity contribution in [3.8, 4) is 5.75 Å². The SMILES string of the molecule is CCc1c(C)n(CCCOc2cc(C)c(Cl)c(C)c2)c2ccc(C(=O)NS(=O)(=O)c3ccc(S(=O)(=O)NC4CCCCCC4)cc3)cc12. The molecule has 1 heterocycles. The minimum atomic E-state index is -4.26. The fourth-order valence-corrected chi connectivity index (χ4v) is 8.94. The van der Waals surface area contributed by atoms with Crippen LogP contribution in [0.15, 0.2) is 64.4 Å². The molecule has 1 amide bonds. The van der Waals surface area contributed by atoms with E-state index >= 15 is 0 Å². The van der Waals surface area contributed by atoms with Crippen LogP contribution in [-0.2, 0) is 33.0 Å². The Hall–Kier alpha value is -3.38. The second-order valence-electron chi connectivity index (χ2n) is 12.6. The Morgan fingerprint density at radius 1 is 0.875 bits per heavy atom. The third-order valence-electron chi connectivity index (χ3n) is 9.12. The van der Waals surface area contributed by atoms with Crippen LogP contribution >= 0.6 is 11.6 Å². The molecule has 0 aliphatic heterocycles. The lowest BCUT2D eigenvalue weighted by atomic mass is 10.1. The molecule has 1 aromatic heterocycles. The van der Waals surface area contributed by atoms with Gasteiger partial charge in [-0.1, -0.05) is 44.2 Å². The molecule has 1 aliphatic carbocycles. The topological polar surface area (TPSA) is 124 Å². The number of benzene rings is 3. The monoisotopic (exact) mass is 713 g/mol. The van der Waals surface area contributed by atoms with E-state index in [0.29, 0.717) is 13.2 Å². The van der Waals surface area contributed by atoms with Gasteiger partial charge in [-0.15, -0.1) is 0 Å². The zero-order chi connectivity index (χ0) is 34.6. The molecule has 0 atom stereocenters. The summed E-state index contributed by atoms with van der Waals surface area (Å²) in [5.74, 6) is 0.0179. The second-order valence-corrected chi connectivity index (χ2v) is 16.4. The summed E-state index contributed by atoms with van der Waals surface area (Å²) in [7, 11) is -8.06. The van der Waals surface area contributed by atoms with Gasteiger partial charge in [0.1, 0.15) is 5.75 Å². The first-order valence-electron chi connectivity index (χ1n) is 16.5. The van der Waals surface area contributed by atoms with Crippen molar-refractivity contribution in [1.82, 2.24) is 14.0 Å². The fourth-order valence-electron chi connectivity index (χ4n) is 6.55. The molecule has 258 valence electrons. The molecule has 5 rings (SSSR count). The molecule has 1 aliphatic rings. The summed E-state index contributed by atoms with van der Waals surface area (Å²) in [4.78, 5) is 13.0. The standard InChI is InChI=1S/C36H44ClN3O6S2/c1-5-32-26(4)40(19-10-20-46-29-21-24(2)35(37)25(3)22-29)34-18-13-27(23-33(32)34)36(41)39-48(44,45)31-16-14-30(15-17-31)47(42,43)38-28-11-8-6-7-9-12-28/h13-18,21-23,28,38H,5-12,19-20H2,1-4H3,(H,39,41). The zero-order valence-electron chi connectivity index (χ0n) is 27.9. The number of amides is 1. The number of fused-ring (bicyclic) bond motifs is 1. The van der Waals surface area contributed by atoms with Crippen molar-refractivity contribution in [3.63, 3.8) is 0 Å². The quantitative estimate of drug-likeness (QED) is 0.117. The Kier molecular flexibility index (Phi) is 11.2. The maximum absolute atomic E-state index is 13.2. The lowest BCUT2D eigenvalue weighted by Crippen LogP contribution is -2.34. The second kappa shape index (κ2) is 15.0. The predicted octanol–water partition coefficient (Wildman–Crippen LogP) is 7.37. The normalized spacial score (nSPS) is 14.6. The first kappa shape index (κ1) is 35.9. The van der Waals surface area contributed by atoms with Gasteiger partial charge in [-0.2, -0.15) is 0 Å². The number of halogens is 1. The molecular weight excluding hydrogens is 670 g/mol. The fraction of sp³-hybridized carbons (Fsp3) is 0.417. The Morgan fingerprint density at radius 3 is 2.08 bits per heavy atom. The highest BCUT2D eigenvalue weighted by Crippen LogP contribution is 2.29. The van der Waals surface area contributed by atoms with Crippen LogP contribution in [0.4, 0.5) is 0 Å². The minimum absolute atomic E-state index is 0.0174. The van der Waals surface area contributed by atoms with Crippen LogP contribution in [0.25, 0.3) is 10.9 Å². The summed E-state index contributed by atoms with van der Waals surface area (Å²) in [6.07, 6.45) is 7.21. The number of ether oxygens (including phenoxy) is 1. The first-order valence-corrected chi connectivity index (χ1v) is 19.9. The summed E-state index contributed by atoms with van der Waals surface area (Å²) in [6.45, 7) is 9.23. The van der Waals surface area contributed by atoms with Crippen molar-refractivity contribution in [2.75, 3.05) is 6.61 Å². The van der Waals surface area contributed by atoms with Crippen molar-refractivity contribution in [2.45, 2.75) is 101 Å². The number of carbonyl (C=O) groups is 1. The van der Waals surface area contributed by atoms with Gasteiger partial charge < -0.3 is 9.30 Å². The van der Waals surface area contributed by atoms with Gasteiger partial charge in [0, 0.05) is 39.8 Å². The van der Waals surface area contributed by atoms with Gasteiger partial charge in [0.15, 0.2) is 0 Å². The molecule has 48 heavy (non-hydrogen) atoms. The molecule has 3 aromatic carbocycles. The molecule has 0 unspecified atom stereocenters. The Bertz CT molecular complexity index is 1990. The average Bonchev–Trinajstić information content (AvgIpc) is 3.15. The molecule has 0 bridgehead atoms. The van der Waals surface area contributed by atoms with Gasteiger partial charge in [-0.25, -0.2) is 26.3 Å². The average molecular weight is 714 g/mol. The lowest BCUT2D eigenvalue weighted by molar-refractivity contribution is 0.0981. The van der Waals surface area contributed by atoms with Gasteiger partial charge in [-0.05, 0) is 118 Å². The number of nitrogens with one attached hydrogen (secondary N) is 2. The van der Waals surface area contributed by atoms with E-state index in [9.17, 15) is 21.6 Å². The molecule has 4 aromatic rings. The molecule has 1 saturated carbocycles. The van der Waals surface area contributed by atoms with Crippen molar-refractivity contribution < 1.29 is 26.4 Å². The van der Waals surface area contributed by atoms with Crippen LogP contribution in [-0.4, -0.2) is 40.0 Å². The van der Waals surface area contributed by atoms with Crippen LogP contribution in [0.2, 0.25) is 5.02 Å². The van der Waals surface area contributed by atoms with E-state index in [2.05, 4.69) is 14.0 Å².